The van der Waals surface area contributed by atoms with Crippen LogP contribution >= 0.6 is 28.3 Å². The van der Waals surface area contributed by atoms with E-state index in [2.05, 4.69) is 13.8 Å². The SMILES string of the molecule is CC1(C)C2CCC1(C)C(O)(P(=O)(Cl)Cl)C2. The van der Waals surface area contributed by atoms with E-state index in [4.69, 9.17) is 22.5 Å². The average molecular weight is 271 g/mol. The van der Waals surface area contributed by atoms with Gasteiger partial charge in [-0.15, -0.1) is 0 Å². The third-order valence-corrected chi connectivity index (χ3v) is 8.50. The first-order valence-electron chi connectivity index (χ1n) is 5.28. The predicted molar refractivity (Wildman–Crippen MR) is 63.5 cm³/mol. The van der Waals surface area contributed by atoms with Gasteiger partial charge in [-0.05, 0) is 53.1 Å². The molecule has 0 aromatic heterocycles. The first-order valence-corrected chi connectivity index (χ1v) is 8.80. The second-order valence-electron chi connectivity index (χ2n) is 5.77. The molecule has 0 aromatic carbocycles. The minimum Gasteiger partial charge on any atom is -0.379 e. The minimum absolute atomic E-state index is 0.0405. The molecule has 2 aliphatic carbocycles. The quantitative estimate of drug-likeness (QED) is 0.726. The van der Waals surface area contributed by atoms with E-state index in [1.165, 1.54) is 0 Å². The molecule has 2 nitrogen and oxygen atoms in total. The second-order valence-corrected chi connectivity index (χ2v) is 10.8. The molecule has 2 saturated carbocycles. The molecule has 2 aliphatic rings. The molecule has 15 heavy (non-hydrogen) atoms. The number of aliphatic hydroxyl groups is 1. The lowest BCUT2D eigenvalue weighted by molar-refractivity contribution is -0.0226. The Morgan fingerprint density at radius 2 is 1.87 bits per heavy atom. The number of rotatable bonds is 1. The second kappa shape index (κ2) is 2.96. The highest BCUT2D eigenvalue weighted by Crippen LogP contribution is 2.83. The van der Waals surface area contributed by atoms with Crippen LogP contribution in [0.5, 0.6) is 0 Å². The minimum atomic E-state index is -3.51. The predicted octanol–water partition coefficient (Wildman–Crippen LogP) is 4.19. The van der Waals surface area contributed by atoms with Crippen LogP contribution in [0.15, 0.2) is 0 Å². The topological polar surface area (TPSA) is 37.3 Å². The maximum absolute atomic E-state index is 11.9. The summed E-state index contributed by atoms with van der Waals surface area (Å²) < 4.78 is 11.9. The molecule has 5 heteroatoms. The molecule has 0 aliphatic heterocycles. The highest BCUT2D eigenvalue weighted by molar-refractivity contribution is 8.09. The van der Waals surface area contributed by atoms with Gasteiger partial charge < -0.3 is 5.11 Å². The molecular weight excluding hydrogens is 254 g/mol. The normalized spacial score (nSPS) is 48.5. The average Bonchev–Trinajstić information content (AvgIpc) is 2.34. The summed E-state index contributed by atoms with van der Waals surface area (Å²) in [6.07, 6.45) is 2.39. The summed E-state index contributed by atoms with van der Waals surface area (Å²) in [6, 6.07) is 0. The van der Waals surface area contributed by atoms with Crippen LogP contribution in [-0.2, 0) is 4.57 Å². The van der Waals surface area contributed by atoms with E-state index in [9.17, 15) is 9.67 Å². The monoisotopic (exact) mass is 270 g/mol. The summed E-state index contributed by atoms with van der Waals surface area (Å²) in [4.78, 5) is 0. The van der Waals surface area contributed by atoms with Gasteiger partial charge in [0.05, 0.1) is 0 Å². The molecule has 0 aromatic rings. The van der Waals surface area contributed by atoms with Crippen molar-refractivity contribution in [2.24, 2.45) is 16.7 Å². The zero-order chi connectivity index (χ0) is 11.7. The number of hydrogen-bond donors (Lipinski definition) is 1. The van der Waals surface area contributed by atoms with Crippen molar-refractivity contribution < 1.29 is 9.67 Å². The molecule has 0 saturated heterocycles. The first-order chi connectivity index (χ1) is 6.56. The van der Waals surface area contributed by atoms with Gasteiger partial charge in [-0.2, -0.15) is 0 Å². The van der Waals surface area contributed by atoms with Crippen LogP contribution < -0.4 is 0 Å². The highest BCUT2D eigenvalue weighted by atomic mass is 35.9. The van der Waals surface area contributed by atoms with Crippen LogP contribution in [0, 0.1) is 16.7 Å². The first kappa shape index (κ1) is 12.2. The Bertz CT molecular complexity index is 351. The molecule has 0 heterocycles. The van der Waals surface area contributed by atoms with Gasteiger partial charge in [-0.3, -0.25) is 4.57 Å². The molecule has 3 atom stereocenters. The van der Waals surface area contributed by atoms with Crippen LogP contribution in [0.2, 0.25) is 0 Å². The molecular formula is C10H17Cl2O2P. The molecule has 0 spiro atoms. The molecule has 2 rings (SSSR count). The van der Waals surface area contributed by atoms with E-state index >= 15 is 0 Å². The fourth-order valence-corrected chi connectivity index (χ4v) is 6.57. The number of hydrogen-bond acceptors (Lipinski definition) is 2. The maximum atomic E-state index is 11.9. The molecule has 88 valence electrons. The summed E-state index contributed by atoms with van der Waals surface area (Å²) in [5, 5.41) is 9.19. The Hall–Kier alpha value is 0.770. The third kappa shape index (κ3) is 1.20. The Morgan fingerprint density at radius 3 is 2.07 bits per heavy atom. The maximum Gasteiger partial charge on any atom is 0.284 e. The van der Waals surface area contributed by atoms with Crippen molar-refractivity contribution in [3.05, 3.63) is 0 Å². The van der Waals surface area contributed by atoms with E-state index in [-0.39, 0.29) is 5.41 Å². The van der Waals surface area contributed by atoms with E-state index in [1.807, 2.05) is 6.92 Å². The van der Waals surface area contributed by atoms with Gasteiger partial charge in [0.25, 0.3) is 5.85 Å². The lowest BCUT2D eigenvalue weighted by atomic mass is 9.69. The van der Waals surface area contributed by atoms with Crippen molar-refractivity contribution in [3.8, 4) is 0 Å². The van der Waals surface area contributed by atoms with Gasteiger partial charge >= 0.3 is 0 Å². The molecule has 0 radical (unpaired) electrons. The van der Waals surface area contributed by atoms with Gasteiger partial charge in [0, 0.05) is 5.41 Å². The van der Waals surface area contributed by atoms with E-state index in [1.54, 1.807) is 0 Å². The van der Waals surface area contributed by atoms with Crippen molar-refractivity contribution in [3.63, 3.8) is 0 Å². The Kier molecular flexibility index (Phi) is 2.41. The van der Waals surface area contributed by atoms with E-state index in [0.29, 0.717) is 12.3 Å². The van der Waals surface area contributed by atoms with Crippen LogP contribution in [0.1, 0.15) is 40.0 Å². The van der Waals surface area contributed by atoms with Gasteiger partial charge in [0.15, 0.2) is 0 Å². The van der Waals surface area contributed by atoms with E-state index in [0.717, 1.165) is 12.8 Å². The Morgan fingerprint density at radius 1 is 1.33 bits per heavy atom. The fraction of sp³-hybridized carbons (Fsp3) is 1.00. The molecule has 0 amide bonds. The highest BCUT2D eigenvalue weighted by Gasteiger charge is 2.73. The van der Waals surface area contributed by atoms with Crippen LogP contribution in [0.25, 0.3) is 0 Å². The van der Waals surface area contributed by atoms with Crippen molar-refractivity contribution in [2.75, 3.05) is 0 Å². The van der Waals surface area contributed by atoms with Crippen LogP contribution in [0.4, 0.5) is 0 Å². The Balaban J connectivity index is 2.55. The molecule has 2 bridgehead atoms. The zero-order valence-corrected chi connectivity index (χ0v) is 11.7. The van der Waals surface area contributed by atoms with Crippen LogP contribution in [0.3, 0.4) is 0 Å². The van der Waals surface area contributed by atoms with Gasteiger partial charge in [0.2, 0.25) is 0 Å². The van der Waals surface area contributed by atoms with Gasteiger partial charge in [-0.25, -0.2) is 0 Å². The lowest BCUT2D eigenvalue weighted by Crippen LogP contribution is -2.45. The number of fused-ring (bicyclic) bond motifs is 2. The van der Waals surface area contributed by atoms with Crippen LogP contribution in [-0.4, -0.2) is 10.4 Å². The third-order valence-electron chi connectivity index (χ3n) is 5.28. The van der Waals surface area contributed by atoms with Crippen molar-refractivity contribution >= 4 is 28.3 Å². The number of halogens is 2. The molecule has 3 unspecified atom stereocenters. The Labute approximate surface area is 100 Å². The summed E-state index contributed by atoms with van der Waals surface area (Å²) in [6.45, 7) is 6.20. The largest absolute Gasteiger partial charge is 0.379 e. The summed E-state index contributed by atoms with van der Waals surface area (Å²) >= 11 is 11.5. The van der Waals surface area contributed by atoms with Crippen molar-refractivity contribution in [1.82, 2.24) is 0 Å². The molecule has 1 N–H and O–H groups in total. The fourth-order valence-electron chi connectivity index (χ4n) is 3.63. The summed E-state index contributed by atoms with van der Waals surface area (Å²) in [5.74, 6) is -3.14. The smallest absolute Gasteiger partial charge is 0.284 e. The summed E-state index contributed by atoms with van der Waals surface area (Å²) in [5.41, 5.74) is -0.467. The van der Waals surface area contributed by atoms with Gasteiger partial charge in [0.1, 0.15) is 5.34 Å². The van der Waals surface area contributed by atoms with E-state index < -0.39 is 16.6 Å². The van der Waals surface area contributed by atoms with Crippen molar-refractivity contribution in [2.45, 2.75) is 45.4 Å². The van der Waals surface area contributed by atoms with Crippen molar-refractivity contribution in [1.29, 1.82) is 0 Å². The summed E-state index contributed by atoms with van der Waals surface area (Å²) in [7, 11) is 0. The standard InChI is InChI=1S/C10H17Cl2O2P/c1-8(2)7-4-5-9(8,3)10(13,6-7)15(11,12)14/h7,13H,4-6H2,1-3H3. The molecule has 2 fully saturated rings. The zero-order valence-electron chi connectivity index (χ0n) is 9.26. The lowest BCUT2D eigenvalue weighted by Gasteiger charge is -2.45. The van der Waals surface area contributed by atoms with Gasteiger partial charge in [-0.1, -0.05) is 20.8 Å².